The standard InChI is InChI=1S/F2NO4S2.Rb/c1-8(4,5)3-9(2,6)7;/q-1;+1. The van der Waals surface area contributed by atoms with Crippen molar-refractivity contribution in [3.05, 3.63) is 4.13 Å². The van der Waals surface area contributed by atoms with Gasteiger partial charge in [0.05, 0.1) is 0 Å². The van der Waals surface area contributed by atoms with Gasteiger partial charge in [-0.05, 0) is 0 Å². The van der Waals surface area contributed by atoms with E-state index in [1.807, 2.05) is 0 Å². The second kappa shape index (κ2) is 4.53. The van der Waals surface area contributed by atoms with Gasteiger partial charge < -0.3 is 4.13 Å². The van der Waals surface area contributed by atoms with Crippen LogP contribution in [0, 0.1) is 0 Å². The second-order valence-corrected chi connectivity index (χ2v) is 3.14. The third kappa shape index (κ3) is 12.2. The molecule has 10 heavy (non-hydrogen) atoms. The summed E-state index contributed by atoms with van der Waals surface area (Å²) in [6.07, 6.45) is 0. The summed E-state index contributed by atoms with van der Waals surface area (Å²) in [5.41, 5.74) is 0. The molecule has 0 bridgehead atoms. The van der Waals surface area contributed by atoms with Crippen molar-refractivity contribution in [2.45, 2.75) is 0 Å². The van der Waals surface area contributed by atoms with E-state index in [4.69, 9.17) is 0 Å². The van der Waals surface area contributed by atoms with E-state index in [1.54, 1.807) is 0 Å². The predicted octanol–water partition coefficient (Wildman–Crippen LogP) is -3.21. The van der Waals surface area contributed by atoms with Crippen LogP contribution in [0.1, 0.15) is 0 Å². The molecule has 0 atom stereocenters. The molecule has 0 aliphatic rings. The molecular weight excluding hydrogens is 266 g/mol. The number of rotatable bonds is 2. The van der Waals surface area contributed by atoms with Gasteiger partial charge in [-0.15, -0.1) is 7.77 Å². The van der Waals surface area contributed by atoms with Crippen molar-refractivity contribution in [3.63, 3.8) is 0 Å². The Balaban J connectivity index is 0. The van der Waals surface area contributed by atoms with Gasteiger partial charge >= 0.3 is 58.2 Å². The molecule has 0 amide bonds. The zero-order chi connectivity index (χ0) is 7.71. The summed E-state index contributed by atoms with van der Waals surface area (Å²) in [5.74, 6) is 0. The zero-order valence-electron chi connectivity index (χ0n) is 4.65. The van der Waals surface area contributed by atoms with E-state index in [9.17, 15) is 24.6 Å². The van der Waals surface area contributed by atoms with Gasteiger partial charge in [0.15, 0.2) is 0 Å². The maximum Gasteiger partial charge on any atom is 1.00 e. The second-order valence-electron chi connectivity index (χ2n) is 0.899. The van der Waals surface area contributed by atoms with Gasteiger partial charge in [0.2, 0.25) is 20.8 Å². The minimum atomic E-state index is -5.62. The summed E-state index contributed by atoms with van der Waals surface area (Å²) >= 11 is 0. The summed E-state index contributed by atoms with van der Waals surface area (Å²) in [5, 5.41) is 0. The molecule has 0 aliphatic carbocycles. The summed E-state index contributed by atoms with van der Waals surface area (Å²) in [4.78, 5) is 0. The molecule has 10 heteroatoms. The minimum absolute atomic E-state index is 0. The molecule has 0 saturated carbocycles. The zero-order valence-corrected chi connectivity index (χ0v) is 11.2. The molecule has 0 heterocycles. The van der Waals surface area contributed by atoms with E-state index in [1.165, 1.54) is 0 Å². The molecule has 0 aromatic carbocycles. The van der Waals surface area contributed by atoms with Gasteiger partial charge in [0, 0.05) is 0 Å². The summed E-state index contributed by atoms with van der Waals surface area (Å²) < 4.78 is 60.1. The molecule has 0 saturated heterocycles. The third-order valence-corrected chi connectivity index (χ3v) is 1.60. The molecule has 0 radical (unpaired) electrons. The summed E-state index contributed by atoms with van der Waals surface area (Å²) in [7, 11) is -11.2. The van der Waals surface area contributed by atoms with Crippen LogP contribution >= 0.6 is 0 Å². The first-order valence-corrected chi connectivity index (χ1v) is 4.02. The van der Waals surface area contributed by atoms with Crippen molar-refractivity contribution in [1.82, 2.24) is 0 Å². The van der Waals surface area contributed by atoms with Gasteiger partial charge in [0.1, 0.15) is 0 Å². The monoisotopic (exact) mass is 265 g/mol. The number of hydrogen-bond donors (Lipinski definition) is 0. The van der Waals surface area contributed by atoms with Gasteiger partial charge in [0.25, 0.3) is 0 Å². The fourth-order valence-corrected chi connectivity index (χ4v) is 0.957. The van der Waals surface area contributed by atoms with E-state index in [-0.39, 0.29) is 58.2 Å². The SMILES string of the molecule is O=S(=O)(F)[N-]S(=O)(=O)F.[Rb+]. The number of halogens is 2. The Morgan fingerprint density at radius 3 is 1.10 bits per heavy atom. The summed E-state index contributed by atoms with van der Waals surface area (Å²) in [6.45, 7) is 0. The van der Waals surface area contributed by atoms with E-state index >= 15 is 0 Å². The molecule has 0 fully saturated rings. The van der Waals surface area contributed by atoms with E-state index < -0.39 is 20.8 Å². The first-order valence-electron chi connectivity index (χ1n) is 1.34. The Kier molecular flexibility index (Phi) is 6.37. The van der Waals surface area contributed by atoms with Gasteiger partial charge in [-0.1, -0.05) is 0 Å². The van der Waals surface area contributed by atoms with Crippen LogP contribution in [0.5, 0.6) is 0 Å². The van der Waals surface area contributed by atoms with Crippen molar-refractivity contribution in [3.8, 4) is 0 Å². The van der Waals surface area contributed by atoms with E-state index in [2.05, 4.69) is 0 Å². The largest absolute Gasteiger partial charge is 1.00 e. The van der Waals surface area contributed by atoms with Crippen LogP contribution in [0.3, 0.4) is 0 Å². The normalized spacial score (nSPS) is 12.2. The first kappa shape index (κ1) is 14.1. The molecule has 0 unspecified atom stereocenters. The average molecular weight is 266 g/mol. The Morgan fingerprint density at radius 1 is 0.900 bits per heavy atom. The number of nitrogens with zero attached hydrogens (tertiary/aromatic N) is 1. The Bertz CT molecular complexity index is 246. The van der Waals surface area contributed by atoms with Crippen LogP contribution in [0.15, 0.2) is 0 Å². The van der Waals surface area contributed by atoms with Gasteiger partial charge in [-0.25, -0.2) is 16.8 Å². The van der Waals surface area contributed by atoms with Crippen LogP contribution in [0.4, 0.5) is 7.77 Å². The minimum Gasteiger partial charge on any atom is -0.379 e. The van der Waals surface area contributed by atoms with Gasteiger partial charge in [-0.2, -0.15) is 0 Å². The third-order valence-electron chi connectivity index (χ3n) is 0.178. The summed E-state index contributed by atoms with van der Waals surface area (Å²) in [6, 6.07) is 0. The Hall–Kier alpha value is 1.53. The first-order chi connectivity index (χ1) is 3.71. The van der Waals surface area contributed by atoms with Crippen LogP contribution < -0.4 is 58.2 Å². The number of hydrogen-bond acceptors (Lipinski definition) is 4. The molecular formula is F2NO4RbS2. The maximum absolute atomic E-state index is 11.1. The maximum atomic E-state index is 11.1. The van der Waals surface area contributed by atoms with Crippen molar-refractivity contribution in [2.24, 2.45) is 0 Å². The molecule has 0 aromatic heterocycles. The van der Waals surface area contributed by atoms with Gasteiger partial charge in [-0.3, -0.25) is 0 Å². The smallest absolute Gasteiger partial charge is 0.379 e. The van der Waals surface area contributed by atoms with Crippen molar-refractivity contribution in [1.29, 1.82) is 0 Å². The van der Waals surface area contributed by atoms with E-state index in [0.29, 0.717) is 0 Å². The van der Waals surface area contributed by atoms with E-state index in [0.717, 1.165) is 4.13 Å². The molecule has 0 spiro atoms. The fraction of sp³-hybridized carbons (Fsp3) is 0. The van der Waals surface area contributed by atoms with Crippen molar-refractivity contribution >= 4 is 20.8 Å². The molecule has 0 aliphatic heterocycles. The van der Waals surface area contributed by atoms with Crippen LogP contribution in [0.25, 0.3) is 4.13 Å². The predicted molar refractivity (Wildman–Crippen MR) is 23.4 cm³/mol. The quantitative estimate of drug-likeness (QED) is 0.492. The van der Waals surface area contributed by atoms with Crippen molar-refractivity contribution < 1.29 is 82.8 Å². The topological polar surface area (TPSA) is 82.4 Å². The molecule has 56 valence electrons. The fourth-order valence-electron chi connectivity index (χ4n) is 0.106. The Morgan fingerprint density at radius 2 is 1.10 bits per heavy atom. The molecule has 0 rings (SSSR count). The Labute approximate surface area is 106 Å². The average Bonchev–Trinajstić information content (AvgIpc) is 1.14. The molecule has 5 nitrogen and oxygen atoms in total. The van der Waals surface area contributed by atoms with Crippen LogP contribution in [-0.4, -0.2) is 16.8 Å². The molecule has 0 N–H and O–H groups in total. The van der Waals surface area contributed by atoms with Crippen molar-refractivity contribution in [2.75, 3.05) is 0 Å². The molecule has 0 aromatic rings. The van der Waals surface area contributed by atoms with Crippen LogP contribution in [0.2, 0.25) is 0 Å². The van der Waals surface area contributed by atoms with Crippen LogP contribution in [-0.2, 0) is 20.8 Å².